The zero-order valence-corrected chi connectivity index (χ0v) is 14.5. The molecule has 1 saturated heterocycles. The van der Waals surface area contributed by atoms with Crippen LogP contribution in [-0.4, -0.2) is 29.9 Å². The molecule has 1 heterocycles. The van der Waals surface area contributed by atoms with Gasteiger partial charge in [-0.1, -0.05) is 29.3 Å². The Kier molecular flexibility index (Phi) is 4.65. The second kappa shape index (κ2) is 6.74. The summed E-state index contributed by atoms with van der Waals surface area (Å²) in [5.41, 5.74) is 0.675. The van der Waals surface area contributed by atoms with Crippen LogP contribution in [-0.2, 0) is 16.1 Å². The number of methoxy groups -OCH3 is 1. The number of anilines is 1. The molecular formula is C17H12Cl2N2O4. The maximum Gasteiger partial charge on any atom is 0.339 e. The Morgan fingerprint density at radius 2 is 1.52 bits per heavy atom. The highest BCUT2D eigenvalue weighted by Gasteiger charge is 2.45. The molecule has 4 amide bonds. The first-order valence-electron chi connectivity index (χ1n) is 7.21. The molecule has 0 saturated carbocycles. The number of halogens is 2. The number of hydrogen-bond acceptors (Lipinski definition) is 4. The van der Waals surface area contributed by atoms with Crippen LogP contribution in [0.4, 0.5) is 10.5 Å². The molecule has 0 aliphatic carbocycles. The maximum atomic E-state index is 12.6. The number of nitrogens with zero attached hydrogens (tertiary/aromatic N) is 2. The Morgan fingerprint density at radius 1 is 0.920 bits per heavy atom. The smallest absolute Gasteiger partial charge is 0.339 e. The van der Waals surface area contributed by atoms with Gasteiger partial charge in [-0.3, -0.25) is 14.5 Å². The number of hydrogen-bond donors (Lipinski definition) is 0. The number of benzene rings is 2. The molecule has 25 heavy (non-hydrogen) atoms. The summed E-state index contributed by atoms with van der Waals surface area (Å²) >= 11 is 12.2. The van der Waals surface area contributed by atoms with E-state index in [1.54, 1.807) is 30.3 Å². The van der Waals surface area contributed by atoms with Crippen LogP contribution in [0.5, 0.6) is 5.75 Å². The van der Waals surface area contributed by atoms with Crippen molar-refractivity contribution in [1.29, 1.82) is 0 Å². The molecule has 0 spiro atoms. The van der Waals surface area contributed by atoms with Crippen molar-refractivity contribution in [2.24, 2.45) is 0 Å². The highest BCUT2D eigenvalue weighted by molar-refractivity contribution is 6.52. The lowest BCUT2D eigenvalue weighted by Gasteiger charge is -2.17. The van der Waals surface area contributed by atoms with Gasteiger partial charge in [-0.15, -0.1) is 0 Å². The molecule has 128 valence electrons. The first kappa shape index (κ1) is 17.3. The molecular weight excluding hydrogens is 367 g/mol. The average Bonchev–Trinajstić information content (AvgIpc) is 2.81. The SMILES string of the molecule is COc1ccc(N2C(=O)C(=O)N(Cc3c(Cl)cccc3Cl)C2=O)cc1. The number of amides is 4. The summed E-state index contributed by atoms with van der Waals surface area (Å²) in [5, 5.41) is 0.617. The molecule has 1 aliphatic rings. The van der Waals surface area contributed by atoms with Gasteiger partial charge in [0, 0.05) is 15.6 Å². The molecule has 0 N–H and O–H groups in total. The van der Waals surface area contributed by atoms with Gasteiger partial charge in [0.2, 0.25) is 0 Å². The fourth-order valence-electron chi connectivity index (χ4n) is 2.45. The molecule has 6 nitrogen and oxygen atoms in total. The molecule has 3 rings (SSSR count). The van der Waals surface area contributed by atoms with E-state index in [2.05, 4.69) is 0 Å². The minimum atomic E-state index is -0.934. The fraction of sp³-hybridized carbons (Fsp3) is 0.118. The summed E-state index contributed by atoms with van der Waals surface area (Å²) in [6.45, 7) is -0.186. The topological polar surface area (TPSA) is 66.9 Å². The quantitative estimate of drug-likeness (QED) is 0.603. The molecule has 1 fully saturated rings. The summed E-state index contributed by atoms with van der Waals surface area (Å²) < 4.78 is 5.04. The van der Waals surface area contributed by atoms with Gasteiger partial charge in [0.15, 0.2) is 0 Å². The van der Waals surface area contributed by atoms with Gasteiger partial charge < -0.3 is 4.74 Å². The van der Waals surface area contributed by atoms with Crippen LogP contribution in [0.25, 0.3) is 0 Å². The van der Waals surface area contributed by atoms with Crippen molar-refractivity contribution in [1.82, 2.24) is 4.90 Å². The van der Waals surface area contributed by atoms with Crippen molar-refractivity contribution < 1.29 is 19.1 Å². The predicted octanol–water partition coefficient (Wildman–Crippen LogP) is 3.50. The van der Waals surface area contributed by atoms with E-state index in [1.165, 1.54) is 19.2 Å². The van der Waals surface area contributed by atoms with Crippen LogP contribution in [0.3, 0.4) is 0 Å². The summed E-state index contributed by atoms with van der Waals surface area (Å²) in [5.74, 6) is -1.30. The lowest BCUT2D eigenvalue weighted by Crippen LogP contribution is -2.33. The minimum absolute atomic E-state index is 0.186. The molecule has 0 aromatic heterocycles. The van der Waals surface area contributed by atoms with Crippen LogP contribution < -0.4 is 9.64 Å². The van der Waals surface area contributed by atoms with Gasteiger partial charge in [0.25, 0.3) is 0 Å². The second-order valence-corrected chi connectivity index (χ2v) is 6.03. The highest BCUT2D eigenvalue weighted by Crippen LogP contribution is 2.29. The van der Waals surface area contributed by atoms with E-state index in [4.69, 9.17) is 27.9 Å². The highest BCUT2D eigenvalue weighted by atomic mass is 35.5. The number of ether oxygens (including phenoxy) is 1. The van der Waals surface area contributed by atoms with Crippen molar-refractivity contribution in [2.75, 3.05) is 12.0 Å². The normalized spacial score (nSPS) is 14.4. The molecule has 0 unspecified atom stereocenters. The molecule has 0 bridgehead atoms. The van der Waals surface area contributed by atoms with Gasteiger partial charge in [0.05, 0.1) is 19.3 Å². The molecule has 0 radical (unpaired) electrons. The molecule has 8 heteroatoms. The lowest BCUT2D eigenvalue weighted by atomic mass is 10.2. The number of carbonyl (C=O) groups excluding carboxylic acids is 3. The molecule has 1 aliphatic heterocycles. The average molecular weight is 379 g/mol. The monoisotopic (exact) mass is 378 g/mol. The van der Waals surface area contributed by atoms with Gasteiger partial charge >= 0.3 is 17.8 Å². The van der Waals surface area contributed by atoms with Crippen molar-refractivity contribution in [3.05, 3.63) is 58.1 Å². The molecule has 0 atom stereocenters. The first-order valence-corrected chi connectivity index (χ1v) is 7.96. The maximum absolute atomic E-state index is 12.6. The standard InChI is InChI=1S/C17H12Cl2N2O4/c1-25-11-7-5-10(6-8-11)21-16(23)15(22)20(17(21)24)9-12-13(18)3-2-4-14(12)19/h2-8H,9H2,1H3. The van der Waals surface area contributed by atoms with Crippen LogP contribution in [0.1, 0.15) is 5.56 Å². The zero-order chi connectivity index (χ0) is 18.1. The Hall–Kier alpha value is -2.57. The van der Waals surface area contributed by atoms with Crippen LogP contribution in [0, 0.1) is 0 Å². The van der Waals surface area contributed by atoms with E-state index in [0.29, 0.717) is 21.4 Å². The van der Waals surface area contributed by atoms with Gasteiger partial charge in [-0.05, 0) is 36.4 Å². The second-order valence-electron chi connectivity index (χ2n) is 5.21. The van der Waals surface area contributed by atoms with Crippen molar-refractivity contribution in [3.63, 3.8) is 0 Å². The Bertz CT molecular complexity index is 847. The van der Waals surface area contributed by atoms with Gasteiger partial charge in [-0.25, -0.2) is 9.69 Å². The van der Waals surface area contributed by atoms with Crippen LogP contribution >= 0.6 is 23.2 Å². The number of carbonyl (C=O) groups is 3. The van der Waals surface area contributed by atoms with E-state index in [-0.39, 0.29) is 12.2 Å². The largest absolute Gasteiger partial charge is 0.497 e. The van der Waals surface area contributed by atoms with Crippen molar-refractivity contribution in [3.8, 4) is 5.75 Å². The summed E-state index contributed by atoms with van der Waals surface area (Å²) in [7, 11) is 1.50. The van der Waals surface area contributed by atoms with Gasteiger partial charge in [0.1, 0.15) is 5.75 Å². The molecule has 2 aromatic rings. The number of urea groups is 1. The Balaban J connectivity index is 1.91. The van der Waals surface area contributed by atoms with Gasteiger partial charge in [-0.2, -0.15) is 0 Å². The first-order chi connectivity index (χ1) is 11.9. The third kappa shape index (κ3) is 3.06. The van der Waals surface area contributed by atoms with Crippen LogP contribution in [0.15, 0.2) is 42.5 Å². The van der Waals surface area contributed by atoms with E-state index >= 15 is 0 Å². The van der Waals surface area contributed by atoms with Crippen molar-refractivity contribution in [2.45, 2.75) is 6.54 Å². The summed E-state index contributed by atoms with van der Waals surface area (Å²) in [6.07, 6.45) is 0. The lowest BCUT2D eigenvalue weighted by molar-refractivity contribution is -0.139. The number of imide groups is 2. The predicted molar refractivity (Wildman–Crippen MR) is 92.9 cm³/mol. The Morgan fingerprint density at radius 3 is 2.08 bits per heavy atom. The third-order valence-corrected chi connectivity index (χ3v) is 4.47. The van der Waals surface area contributed by atoms with E-state index < -0.39 is 17.8 Å². The number of rotatable bonds is 4. The minimum Gasteiger partial charge on any atom is -0.497 e. The molecule has 2 aromatic carbocycles. The fourth-order valence-corrected chi connectivity index (χ4v) is 2.96. The Labute approximate surface area is 153 Å². The van der Waals surface area contributed by atoms with E-state index in [0.717, 1.165) is 9.80 Å². The van der Waals surface area contributed by atoms with E-state index in [1.807, 2.05) is 0 Å². The summed E-state index contributed by atoms with van der Waals surface area (Å²) in [4.78, 5) is 38.7. The zero-order valence-electron chi connectivity index (χ0n) is 13.0. The van der Waals surface area contributed by atoms with Crippen molar-refractivity contribution >= 4 is 46.7 Å². The third-order valence-electron chi connectivity index (χ3n) is 3.76. The van der Waals surface area contributed by atoms with Crippen LogP contribution in [0.2, 0.25) is 10.0 Å². The van der Waals surface area contributed by atoms with E-state index in [9.17, 15) is 14.4 Å². The summed E-state index contributed by atoms with van der Waals surface area (Å²) in [6, 6.07) is 10.3.